The van der Waals surface area contributed by atoms with Gasteiger partial charge in [-0.3, -0.25) is 4.68 Å². The zero-order chi connectivity index (χ0) is 15.1. The topological polar surface area (TPSA) is 38.0 Å². The number of hydrogen-bond donors (Lipinski definition) is 1. The maximum Gasteiger partial charge on any atom is 0.0754 e. The highest BCUT2D eigenvalue weighted by molar-refractivity contribution is 5.82. The first kappa shape index (κ1) is 14.6. The van der Waals surface area contributed by atoms with Crippen molar-refractivity contribution in [3.05, 3.63) is 30.0 Å². The average Bonchev–Trinajstić information content (AvgIpc) is 2.81. The third-order valence-electron chi connectivity index (χ3n) is 5.40. The maximum absolute atomic E-state index is 11.2. The van der Waals surface area contributed by atoms with Crippen molar-refractivity contribution in [3.8, 4) is 0 Å². The van der Waals surface area contributed by atoms with Gasteiger partial charge in [0.25, 0.3) is 0 Å². The van der Waals surface area contributed by atoms with Gasteiger partial charge < -0.3 is 5.11 Å². The number of hydrogen-bond acceptors (Lipinski definition) is 2. The lowest BCUT2D eigenvalue weighted by molar-refractivity contribution is -0.0962. The molecule has 0 saturated heterocycles. The predicted octanol–water partition coefficient (Wildman–Crippen LogP) is 3.93. The molecule has 1 fully saturated rings. The van der Waals surface area contributed by atoms with Crippen LogP contribution >= 0.6 is 0 Å². The molecule has 1 heterocycles. The zero-order valence-corrected chi connectivity index (χ0v) is 13.4. The fraction of sp³-hybridized carbons (Fsp3) is 0.611. The highest BCUT2D eigenvalue weighted by Crippen LogP contribution is 2.45. The van der Waals surface area contributed by atoms with Gasteiger partial charge in [0.1, 0.15) is 0 Å². The van der Waals surface area contributed by atoms with Crippen LogP contribution in [-0.2, 0) is 13.0 Å². The molecule has 3 rings (SSSR count). The lowest BCUT2D eigenvalue weighted by Gasteiger charge is -2.46. The van der Waals surface area contributed by atoms with Crippen molar-refractivity contribution in [2.45, 2.75) is 65.0 Å². The molecule has 1 aliphatic carbocycles. The summed E-state index contributed by atoms with van der Waals surface area (Å²) < 4.78 is 2.05. The molecule has 21 heavy (non-hydrogen) atoms. The van der Waals surface area contributed by atoms with Crippen molar-refractivity contribution in [2.75, 3.05) is 0 Å². The van der Waals surface area contributed by atoms with E-state index in [1.165, 1.54) is 17.3 Å². The van der Waals surface area contributed by atoms with Gasteiger partial charge in [-0.15, -0.1) is 0 Å². The molecule has 1 aromatic carbocycles. The van der Waals surface area contributed by atoms with Crippen molar-refractivity contribution in [1.29, 1.82) is 0 Å². The number of para-hydroxylation sites is 1. The van der Waals surface area contributed by atoms with Crippen LogP contribution in [0.1, 0.15) is 52.1 Å². The smallest absolute Gasteiger partial charge is 0.0754 e. The van der Waals surface area contributed by atoms with Gasteiger partial charge in [0.05, 0.1) is 16.8 Å². The Labute approximate surface area is 127 Å². The van der Waals surface area contributed by atoms with Crippen LogP contribution in [0.25, 0.3) is 10.9 Å². The van der Waals surface area contributed by atoms with Gasteiger partial charge in [-0.25, -0.2) is 0 Å². The summed E-state index contributed by atoms with van der Waals surface area (Å²) in [5.74, 6) is 0. The molecule has 1 saturated carbocycles. The molecule has 0 amide bonds. The number of fused-ring (bicyclic) bond motifs is 1. The van der Waals surface area contributed by atoms with E-state index in [4.69, 9.17) is 5.10 Å². The van der Waals surface area contributed by atoms with Gasteiger partial charge in [0.15, 0.2) is 0 Å². The maximum atomic E-state index is 11.2. The summed E-state index contributed by atoms with van der Waals surface area (Å²) in [6.07, 6.45) is 4.97. The van der Waals surface area contributed by atoms with Crippen LogP contribution in [0.15, 0.2) is 24.3 Å². The Kier molecular flexibility index (Phi) is 3.56. The van der Waals surface area contributed by atoms with Crippen LogP contribution in [0.2, 0.25) is 0 Å². The molecular weight excluding hydrogens is 260 g/mol. The number of aryl methyl sites for hydroxylation is 1. The van der Waals surface area contributed by atoms with Crippen LogP contribution in [-0.4, -0.2) is 20.5 Å². The summed E-state index contributed by atoms with van der Waals surface area (Å²) in [4.78, 5) is 0. The Morgan fingerprint density at radius 3 is 2.62 bits per heavy atom. The van der Waals surface area contributed by atoms with E-state index in [9.17, 15) is 5.11 Å². The van der Waals surface area contributed by atoms with Crippen molar-refractivity contribution in [1.82, 2.24) is 9.78 Å². The lowest BCUT2D eigenvalue weighted by Crippen LogP contribution is -2.48. The van der Waals surface area contributed by atoms with Gasteiger partial charge in [0.2, 0.25) is 0 Å². The Morgan fingerprint density at radius 2 is 1.90 bits per heavy atom. The summed E-state index contributed by atoms with van der Waals surface area (Å²) in [5.41, 5.74) is 1.54. The molecule has 1 aliphatic rings. The third kappa shape index (κ3) is 2.38. The number of aromatic nitrogens is 2. The third-order valence-corrected chi connectivity index (χ3v) is 5.40. The van der Waals surface area contributed by atoms with E-state index in [0.717, 1.165) is 31.5 Å². The minimum atomic E-state index is -0.638. The average molecular weight is 286 g/mol. The zero-order valence-electron chi connectivity index (χ0n) is 13.4. The van der Waals surface area contributed by atoms with Crippen molar-refractivity contribution < 1.29 is 5.11 Å². The minimum absolute atomic E-state index is 0.0393. The molecule has 114 valence electrons. The molecule has 0 radical (unpaired) electrons. The Bertz CT molecular complexity index is 644. The van der Waals surface area contributed by atoms with Crippen molar-refractivity contribution in [2.24, 2.45) is 5.41 Å². The second-order valence-electron chi connectivity index (χ2n) is 7.08. The Morgan fingerprint density at radius 1 is 1.19 bits per heavy atom. The van der Waals surface area contributed by atoms with Crippen LogP contribution in [0.3, 0.4) is 0 Å². The number of rotatable bonds is 3. The summed E-state index contributed by atoms with van der Waals surface area (Å²) >= 11 is 0. The monoisotopic (exact) mass is 286 g/mol. The first-order valence-electron chi connectivity index (χ1n) is 8.14. The molecule has 1 atom stereocenters. The molecule has 0 aliphatic heterocycles. The predicted molar refractivity (Wildman–Crippen MR) is 86.3 cm³/mol. The summed E-state index contributed by atoms with van der Waals surface area (Å²) in [5, 5.41) is 17.2. The standard InChI is InChI=1S/C18H26N2O/c1-4-20-16-10-6-5-9-14(16)15(19-20)13-18(21)12-8-7-11-17(18,2)3/h5-6,9-10,21H,4,7-8,11-13H2,1-3H3. The van der Waals surface area contributed by atoms with Crippen LogP contribution in [0.5, 0.6) is 0 Å². The molecule has 3 nitrogen and oxygen atoms in total. The summed E-state index contributed by atoms with van der Waals surface area (Å²) in [6.45, 7) is 7.38. The van der Waals surface area contributed by atoms with E-state index in [1.807, 2.05) is 4.68 Å². The first-order chi connectivity index (χ1) is 9.97. The van der Waals surface area contributed by atoms with Crippen LogP contribution < -0.4 is 0 Å². The van der Waals surface area contributed by atoms with Crippen LogP contribution in [0, 0.1) is 5.41 Å². The lowest BCUT2D eigenvalue weighted by atomic mass is 9.63. The van der Waals surface area contributed by atoms with Gasteiger partial charge in [-0.05, 0) is 31.2 Å². The Hall–Kier alpha value is -1.35. The molecule has 0 spiro atoms. The van der Waals surface area contributed by atoms with Gasteiger partial charge in [-0.1, -0.05) is 44.9 Å². The number of aliphatic hydroxyl groups is 1. The van der Waals surface area contributed by atoms with Gasteiger partial charge in [0, 0.05) is 18.4 Å². The highest BCUT2D eigenvalue weighted by Gasteiger charge is 2.45. The van der Waals surface area contributed by atoms with E-state index < -0.39 is 5.60 Å². The fourth-order valence-corrected chi connectivity index (χ4v) is 3.73. The fourth-order valence-electron chi connectivity index (χ4n) is 3.73. The van der Waals surface area contributed by atoms with Crippen molar-refractivity contribution >= 4 is 10.9 Å². The summed E-state index contributed by atoms with van der Waals surface area (Å²) in [7, 11) is 0. The molecule has 1 unspecified atom stereocenters. The second-order valence-corrected chi connectivity index (χ2v) is 7.08. The molecule has 3 heteroatoms. The molecule has 1 aromatic heterocycles. The number of nitrogens with zero attached hydrogens (tertiary/aromatic N) is 2. The molecule has 2 aromatic rings. The second kappa shape index (κ2) is 5.13. The summed E-state index contributed by atoms with van der Waals surface area (Å²) in [6, 6.07) is 8.36. The van der Waals surface area contributed by atoms with Crippen molar-refractivity contribution in [3.63, 3.8) is 0 Å². The largest absolute Gasteiger partial charge is 0.389 e. The van der Waals surface area contributed by atoms with E-state index in [0.29, 0.717) is 6.42 Å². The molecular formula is C18H26N2O. The molecule has 0 bridgehead atoms. The van der Waals surface area contributed by atoms with E-state index in [1.54, 1.807) is 0 Å². The van der Waals surface area contributed by atoms with Crippen LogP contribution in [0.4, 0.5) is 0 Å². The van der Waals surface area contributed by atoms with E-state index in [-0.39, 0.29) is 5.41 Å². The van der Waals surface area contributed by atoms with E-state index in [2.05, 4.69) is 45.0 Å². The number of benzene rings is 1. The minimum Gasteiger partial charge on any atom is -0.389 e. The molecule has 1 N–H and O–H groups in total. The first-order valence-corrected chi connectivity index (χ1v) is 8.14. The quantitative estimate of drug-likeness (QED) is 0.928. The van der Waals surface area contributed by atoms with Gasteiger partial charge in [-0.2, -0.15) is 5.10 Å². The normalized spacial score (nSPS) is 25.3. The highest BCUT2D eigenvalue weighted by atomic mass is 16.3. The SMILES string of the molecule is CCn1nc(CC2(O)CCCCC2(C)C)c2ccccc21. The van der Waals surface area contributed by atoms with Gasteiger partial charge >= 0.3 is 0 Å². The Balaban J connectivity index is 2.01. The van der Waals surface area contributed by atoms with E-state index >= 15 is 0 Å².